The lowest BCUT2D eigenvalue weighted by atomic mass is 10.3. The number of carbonyl (C=O) groups is 1. The molecule has 0 heterocycles. The lowest BCUT2D eigenvalue weighted by Gasteiger charge is -2.25. The van der Waals surface area contributed by atoms with Crippen LogP contribution in [0.5, 0.6) is 17.2 Å². The van der Waals surface area contributed by atoms with Crippen LogP contribution in [0.3, 0.4) is 0 Å². The summed E-state index contributed by atoms with van der Waals surface area (Å²) in [5, 5.41) is 2.72. The number of anilines is 1. The van der Waals surface area contributed by atoms with Gasteiger partial charge in [0.2, 0.25) is 5.91 Å². The number of methoxy groups -OCH3 is 3. The van der Waals surface area contributed by atoms with E-state index in [9.17, 15) is 13.2 Å². The van der Waals surface area contributed by atoms with Gasteiger partial charge in [0.05, 0.1) is 31.9 Å². The molecule has 0 saturated carbocycles. The highest BCUT2D eigenvalue weighted by atomic mass is 32.2. The second-order valence-electron chi connectivity index (χ2n) is 6.45. The number of sulfonamides is 1. The summed E-state index contributed by atoms with van der Waals surface area (Å²) in [4.78, 5) is 12.4. The first-order chi connectivity index (χ1) is 13.7. The molecule has 0 atom stereocenters. The number of benzene rings is 2. The molecule has 0 unspecified atom stereocenters. The molecule has 0 fully saturated rings. The Morgan fingerprint density at radius 2 is 1.59 bits per heavy atom. The lowest BCUT2D eigenvalue weighted by Crippen LogP contribution is -2.42. The molecule has 8 nitrogen and oxygen atoms in total. The fraction of sp³-hybridized carbons (Fsp3) is 0.350. The summed E-state index contributed by atoms with van der Waals surface area (Å²) in [6.07, 6.45) is 0. The fourth-order valence-corrected chi connectivity index (χ4v) is 4.10. The van der Waals surface area contributed by atoms with Gasteiger partial charge < -0.3 is 19.5 Å². The first-order valence-electron chi connectivity index (χ1n) is 8.91. The number of ether oxygens (including phenoxy) is 3. The van der Waals surface area contributed by atoms with Crippen molar-refractivity contribution in [1.29, 1.82) is 0 Å². The van der Waals surface area contributed by atoms with E-state index < -0.39 is 15.9 Å². The summed E-state index contributed by atoms with van der Waals surface area (Å²) in [5.74, 6) is 0.832. The quantitative estimate of drug-likeness (QED) is 0.667. The third kappa shape index (κ3) is 5.32. The highest BCUT2D eigenvalue weighted by molar-refractivity contribution is 7.92. The maximum atomic E-state index is 13.4. The number of nitrogens with zero attached hydrogens (tertiary/aromatic N) is 1. The summed E-state index contributed by atoms with van der Waals surface area (Å²) in [7, 11) is 0.338. The van der Waals surface area contributed by atoms with E-state index in [0.717, 1.165) is 4.31 Å². The van der Waals surface area contributed by atoms with Crippen molar-refractivity contribution in [3.05, 3.63) is 42.5 Å². The van der Waals surface area contributed by atoms with Crippen LogP contribution in [-0.4, -0.2) is 48.2 Å². The van der Waals surface area contributed by atoms with Crippen LogP contribution in [0.4, 0.5) is 5.69 Å². The van der Waals surface area contributed by atoms with Crippen LogP contribution in [0.25, 0.3) is 0 Å². The fourth-order valence-electron chi connectivity index (χ4n) is 2.67. The Bertz CT molecular complexity index is 942. The van der Waals surface area contributed by atoms with E-state index in [4.69, 9.17) is 14.2 Å². The third-order valence-electron chi connectivity index (χ3n) is 4.04. The number of hydrogen-bond acceptors (Lipinski definition) is 6. The van der Waals surface area contributed by atoms with Crippen molar-refractivity contribution in [2.75, 3.05) is 32.2 Å². The van der Waals surface area contributed by atoms with Crippen LogP contribution in [0.2, 0.25) is 0 Å². The zero-order valence-electron chi connectivity index (χ0n) is 17.1. The monoisotopic (exact) mass is 422 g/mol. The molecule has 1 amide bonds. The van der Waals surface area contributed by atoms with Crippen molar-refractivity contribution in [1.82, 2.24) is 5.32 Å². The summed E-state index contributed by atoms with van der Waals surface area (Å²) >= 11 is 0. The van der Waals surface area contributed by atoms with Gasteiger partial charge in [0.15, 0.2) is 11.5 Å². The van der Waals surface area contributed by atoms with Crippen molar-refractivity contribution < 1.29 is 27.4 Å². The molecule has 1 N–H and O–H groups in total. The molecule has 2 rings (SSSR count). The van der Waals surface area contributed by atoms with Crippen molar-refractivity contribution >= 4 is 21.6 Å². The van der Waals surface area contributed by atoms with E-state index >= 15 is 0 Å². The Labute approximate surface area is 171 Å². The minimum Gasteiger partial charge on any atom is -0.497 e. The molecule has 0 aliphatic carbocycles. The SMILES string of the molecule is COc1ccc(N(CC(=O)NC(C)C)S(=O)(=O)c2ccc(OC)c(OC)c2)cc1. The van der Waals surface area contributed by atoms with E-state index in [1.807, 2.05) is 0 Å². The third-order valence-corrected chi connectivity index (χ3v) is 5.81. The number of amides is 1. The largest absolute Gasteiger partial charge is 0.497 e. The molecule has 2 aromatic carbocycles. The van der Waals surface area contributed by atoms with Gasteiger partial charge in [-0.2, -0.15) is 0 Å². The van der Waals surface area contributed by atoms with Crippen LogP contribution < -0.4 is 23.8 Å². The Kier molecular flexibility index (Phi) is 7.33. The van der Waals surface area contributed by atoms with Crippen molar-refractivity contribution in [3.8, 4) is 17.2 Å². The van der Waals surface area contributed by atoms with Gasteiger partial charge in [-0.25, -0.2) is 8.42 Å². The molecule has 158 valence electrons. The van der Waals surface area contributed by atoms with Crippen molar-refractivity contribution in [2.45, 2.75) is 24.8 Å². The maximum Gasteiger partial charge on any atom is 0.264 e. The van der Waals surface area contributed by atoms with Gasteiger partial charge in [-0.15, -0.1) is 0 Å². The number of nitrogens with one attached hydrogen (secondary N) is 1. The lowest BCUT2D eigenvalue weighted by molar-refractivity contribution is -0.120. The molecule has 0 spiro atoms. The van der Waals surface area contributed by atoms with Gasteiger partial charge in [0.25, 0.3) is 10.0 Å². The Morgan fingerprint density at radius 1 is 0.966 bits per heavy atom. The normalized spacial score (nSPS) is 11.1. The number of hydrogen-bond donors (Lipinski definition) is 1. The van der Waals surface area contributed by atoms with Gasteiger partial charge in [-0.1, -0.05) is 0 Å². The van der Waals surface area contributed by atoms with Crippen LogP contribution in [0, 0.1) is 0 Å². The highest BCUT2D eigenvalue weighted by Crippen LogP contribution is 2.32. The van der Waals surface area contributed by atoms with Gasteiger partial charge >= 0.3 is 0 Å². The average molecular weight is 423 g/mol. The molecular weight excluding hydrogens is 396 g/mol. The second kappa shape index (κ2) is 9.51. The van der Waals surface area contributed by atoms with Crippen LogP contribution in [0.1, 0.15) is 13.8 Å². The Hall–Kier alpha value is -2.94. The number of carbonyl (C=O) groups excluding carboxylic acids is 1. The van der Waals surface area contributed by atoms with E-state index in [0.29, 0.717) is 17.2 Å². The predicted octanol–water partition coefficient (Wildman–Crippen LogP) is 2.43. The molecule has 2 aromatic rings. The smallest absolute Gasteiger partial charge is 0.264 e. The maximum absolute atomic E-state index is 13.4. The Morgan fingerprint density at radius 3 is 2.10 bits per heavy atom. The van der Waals surface area contributed by atoms with Gasteiger partial charge in [-0.3, -0.25) is 9.10 Å². The zero-order chi connectivity index (χ0) is 21.6. The standard InChI is InChI=1S/C20H26N2O6S/c1-14(2)21-20(23)13-22(15-6-8-16(26-3)9-7-15)29(24,25)17-10-11-18(27-4)19(12-17)28-5/h6-12,14H,13H2,1-5H3,(H,21,23). The van der Waals surface area contributed by atoms with Gasteiger partial charge in [-0.05, 0) is 50.2 Å². The molecule has 0 aliphatic heterocycles. The van der Waals surface area contributed by atoms with Gasteiger partial charge in [0, 0.05) is 12.1 Å². The van der Waals surface area contributed by atoms with Crippen molar-refractivity contribution in [2.24, 2.45) is 0 Å². The second-order valence-corrected chi connectivity index (χ2v) is 8.31. The molecule has 29 heavy (non-hydrogen) atoms. The van der Waals surface area contributed by atoms with Gasteiger partial charge in [0.1, 0.15) is 12.3 Å². The minimum atomic E-state index is -4.07. The van der Waals surface area contributed by atoms with E-state index in [2.05, 4.69) is 5.32 Å². The molecule has 0 aromatic heterocycles. The summed E-state index contributed by atoms with van der Waals surface area (Å²) in [6.45, 7) is 3.23. The molecule has 0 radical (unpaired) electrons. The molecule has 0 aliphatic rings. The molecule has 9 heteroatoms. The van der Waals surface area contributed by atoms with Crippen LogP contribution >= 0.6 is 0 Å². The highest BCUT2D eigenvalue weighted by Gasteiger charge is 2.28. The molecule has 0 bridgehead atoms. The zero-order valence-corrected chi connectivity index (χ0v) is 17.9. The first kappa shape index (κ1) is 22.4. The van der Waals surface area contributed by atoms with E-state index in [-0.39, 0.29) is 23.2 Å². The van der Waals surface area contributed by atoms with Crippen LogP contribution in [-0.2, 0) is 14.8 Å². The minimum absolute atomic E-state index is 0.0247. The molecule has 0 saturated heterocycles. The molecular formula is C20H26N2O6S. The van der Waals surface area contributed by atoms with E-state index in [1.165, 1.54) is 39.5 Å². The van der Waals surface area contributed by atoms with Crippen molar-refractivity contribution in [3.63, 3.8) is 0 Å². The van der Waals surface area contributed by atoms with E-state index in [1.54, 1.807) is 38.1 Å². The average Bonchev–Trinajstić information content (AvgIpc) is 2.70. The van der Waals surface area contributed by atoms with Crippen LogP contribution in [0.15, 0.2) is 47.4 Å². The number of rotatable bonds is 9. The predicted molar refractivity (Wildman–Crippen MR) is 110 cm³/mol. The Balaban J connectivity index is 2.51. The summed E-state index contributed by atoms with van der Waals surface area (Å²) in [6, 6.07) is 10.6. The first-order valence-corrected chi connectivity index (χ1v) is 10.3. The topological polar surface area (TPSA) is 94.2 Å². The summed E-state index contributed by atoms with van der Waals surface area (Å²) < 4.78 is 43.4. The summed E-state index contributed by atoms with van der Waals surface area (Å²) in [5.41, 5.74) is 0.333.